The first-order valence-electron chi connectivity index (χ1n) is 20.4. The number of halogens is 4. The Labute approximate surface area is 330 Å². The number of carbonyl (C=O) groups excluding carboxylic acids is 1. The van der Waals surface area contributed by atoms with Gasteiger partial charge in [0.05, 0.1) is 16.5 Å². The number of unbranched alkanes of at least 4 members (excludes halogenated alkanes) is 6. The number of carbonyl (C=O) groups is 1. The zero-order valence-corrected chi connectivity index (χ0v) is 32.3. The third kappa shape index (κ3) is 7.91. The third-order valence-corrected chi connectivity index (χ3v) is 12.2. The van der Waals surface area contributed by atoms with E-state index in [-0.39, 0.29) is 83.1 Å². The number of hydrogen-bond donors (Lipinski definition) is 1. The summed E-state index contributed by atoms with van der Waals surface area (Å²) in [5.74, 6) is 1.13. The molecule has 13 heteroatoms. The molecule has 0 amide bonds. The normalized spacial score (nSPS) is 21.7. The minimum absolute atomic E-state index is 0.0583. The van der Waals surface area contributed by atoms with Gasteiger partial charge in [-0.25, -0.2) is 8.78 Å². The van der Waals surface area contributed by atoms with Crippen molar-refractivity contribution in [2.24, 2.45) is 0 Å². The molecule has 6 heterocycles. The van der Waals surface area contributed by atoms with E-state index in [1.807, 2.05) is 4.90 Å². The van der Waals surface area contributed by atoms with Crippen molar-refractivity contribution >= 4 is 33.5 Å². The van der Waals surface area contributed by atoms with Crippen LogP contribution in [0.25, 0.3) is 32.9 Å². The van der Waals surface area contributed by atoms with Crippen LogP contribution in [0.2, 0.25) is 0 Å². The lowest BCUT2D eigenvalue weighted by molar-refractivity contribution is -0.134. The van der Waals surface area contributed by atoms with E-state index in [0.717, 1.165) is 38.5 Å². The molecule has 4 aliphatic heterocycles. The fourth-order valence-electron chi connectivity index (χ4n) is 9.36. The molecule has 2 aromatic carbocycles. The first-order chi connectivity index (χ1) is 27.7. The Morgan fingerprint density at radius 2 is 1.82 bits per heavy atom. The number of nitrogens with zero attached hydrogens (tertiary/aromatic N) is 5. The molecule has 1 N–H and O–H groups in total. The molecule has 2 aromatic heterocycles. The number of fused-ring (bicyclic) bond motifs is 5. The molecule has 0 aliphatic carbocycles. The largest absolute Gasteiger partial charge is 0.461 e. The number of piperazine rings is 1. The van der Waals surface area contributed by atoms with E-state index in [4.69, 9.17) is 20.9 Å². The van der Waals surface area contributed by atoms with Crippen molar-refractivity contribution in [2.45, 2.75) is 108 Å². The lowest BCUT2D eigenvalue weighted by Crippen LogP contribution is -2.51. The molecule has 0 radical (unpaired) electrons. The monoisotopic (exact) mass is 784 g/mol. The minimum Gasteiger partial charge on any atom is -0.461 e. The smallest absolute Gasteiger partial charge is 0.319 e. The van der Waals surface area contributed by atoms with Crippen molar-refractivity contribution in [3.05, 3.63) is 59.3 Å². The van der Waals surface area contributed by atoms with E-state index in [2.05, 4.69) is 33.0 Å². The first kappa shape index (κ1) is 39.0. The van der Waals surface area contributed by atoms with Crippen molar-refractivity contribution in [1.29, 1.82) is 0 Å². The van der Waals surface area contributed by atoms with Crippen LogP contribution in [0.5, 0.6) is 11.8 Å². The average molecular weight is 785 g/mol. The molecule has 4 saturated heterocycles. The number of benzene rings is 2. The third-order valence-electron chi connectivity index (χ3n) is 12.2. The van der Waals surface area contributed by atoms with Gasteiger partial charge < -0.3 is 19.7 Å². The number of anilines is 1. The Kier molecular flexibility index (Phi) is 11.4. The summed E-state index contributed by atoms with van der Waals surface area (Å²) in [6.07, 6.45) is 16.9. The van der Waals surface area contributed by atoms with E-state index >= 15 is 8.78 Å². The maximum absolute atomic E-state index is 17.3. The average Bonchev–Trinajstić information content (AvgIpc) is 3.88. The lowest BCUT2D eigenvalue weighted by atomic mass is 9.94. The number of aromatic nitrogens is 3. The highest BCUT2D eigenvalue weighted by Gasteiger charge is 2.48. The van der Waals surface area contributed by atoms with Crippen LogP contribution in [0, 0.1) is 24.0 Å². The Balaban J connectivity index is 1.17. The van der Waals surface area contributed by atoms with E-state index in [1.165, 1.54) is 43.7 Å². The fraction of sp³-hybridized carbons (Fsp3) is 0.500. The molecular weight excluding hydrogens is 737 g/mol. The zero-order chi connectivity index (χ0) is 39.7. The Morgan fingerprint density at radius 3 is 2.58 bits per heavy atom. The topological polar surface area (TPSA) is 92.7 Å². The summed E-state index contributed by atoms with van der Waals surface area (Å²) in [7, 11) is 0. The van der Waals surface area contributed by atoms with E-state index in [0.29, 0.717) is 49.1 Å². The van der Waals surface area contributed by atoms with Gasteiger partial charge in [0.2, 0.25) is 0 Å². The predicted molar refractivity (Wildman–Crippen MR) is 211 cm³/mol. The van der Waals surface area contributed by atoms with Crippen molar-refractivity contribution in [1.82, 2.24) is 25.2 Å². The summed E-state index contributed by atoms with van der Waals surface area (Å²) >= 11 is 0. The SMILES string of the molecule is C#Cc1c(F)ccc2cc(OC(=O)CCCCCCCCC)cc(-c3ncc4c(N5CC6CCC(C5)N6)nc(OCC56CCCN5CC(=C(F)F)C6)nc4c3F)c12. The molecule has 4 fully saturated rings. The van der Waals surface area contributed by atoms with Crippen LogP contribution < -0.4 is 19.7 Å². The van der Waals surface area contributed by atoms with Crippen LogP contribution in [-0.4, -0.2) is 76.2 Å². The molecule has 2 bridgehead atoms. The van der Waals surface area contributed by atoms with Gasteiger partial charge in [0.1, 0.15) is 35.2 Å². The standard InChI is InChI=1S/C44H48F4N6O3/c1-3-5-6-7-8-9-10-12-36(55)57-31-19-27-13-16-35(45)32(4-2)37(27)33(20-31)39-38(46)40-34(22-49-39)42(53-24-29-14-15-30(25-53)50-29)52-43(51-40)56-26-44-17-11-18-54(44)23-28(21-44)41(47)48/h2,13,16,19-20,22,29-30,50H,3,5-12,14-15,17-18,21,23-26H2,1H3. The molecule has 0 spiro atoms. The molecular formula is C44H48F4N6O3. The number of terminal acetylenes is 1. The van der Waals surface area contributed by atoms with Gasteiger partial charge in [0.25, 0.3) is 6.08 Å². The number of pyridine rings is 1. The van der Waals surface area contributed by atoms with Crippen LogP contribution in [0.4, 0.5) is 23.4 Å². The van der Waals surface area contributed by atoms with Crippen LogP contribution in [0.3, 0.4) is 0 Å². The second-order valence-corrected chi connectivity index (χ2v) is 16.1. The van der Waals surface area contributed by atoms with E-state index < -0.39 is 29.2 Å². The minimum atomic E-state index is -1.66. The van der Waals surface area contributed by atoms with Gasteiger partial charge in [0.15, 0.2) is 5.82 Å². The first-order valence-corrected chi connectivity index (χ1v) is 20.4. The number of nitrogens with one attached hydrogen (secondary N) is 1. The van der Waals surface area contributed by atoms with Crippen LogP contribution in [0.15, 0.2) is 42.1 Å². The van der Waals surface area contributed by atoms with Crippen LogP contribution >= 0.6 is 0 Å². The number of hydrogen-bond acceptors (Lipinski definition) is 9. The molecule has 4 aliphatic rings. The second kappa shape index (κ2) is 16.6. The zero-order valence-electron chi connectivity index (χ0n) is 32.3. The number of esters is 1. The summed E-state index contributed by atoms with van der Waals surface area (Å²) in [4.78, 5) is 31.2. The lowest BCUT2D eigenvalue weighted by Gasteiger charge is -2.34. The van der Waals surface area contributed by atoms with E-state index in [9.17, 15) is 13.6 Å². The van der Waals surface area contributed by atoms with Gasteiger partial charge in [0, 0.05) is 60.9 Å². The summed E-state index contributed by atoms with van der Waals surface area (Å²) in [6.45, 7) is 4.36. The summed E-state index contributed by atoms with van der Waals surface area (Å²) in [6, 6.07) is 6.20. The van der Waals surface area contributed by atoms with Crippen molar-refractivity contribution in [2.75, 3.05) is 37.7 Å². The van der Waals surface area contributed by atoms with Crippen molar-refractivity contribution < 1.29 is 31.8 Å². The molecule has 4 aromatic rings. The van der Waals surface area contributed by atoms with Crippen LogP contribution in [0.1, 0.15) is 96.0 Å². The molecule has 8 rings (SSSR count). The van der Waals surface area contributed by atoms with E-state index in [1.54, 1.807) is 6.07 Å². The van der Waals surface area contributed by atoms with Crippen molar-refractivity contribution in [3.63, 3.8) is 0 Å². The molecule has 300 valence electrons. The maximum atomic E-state index is 17.3. The van der Waals surface area contributed by atoms with Gasteiger partial charge in [-0.3, -0.25) is 14.7 Å². The fourth-order valence-corrected chi connectivity index (χ4v) is 9.36. The Hall–Kier alpha value is -4.80. The highest BCUT2D eigenvalue weighted by Crippen LogP contribution is 2.44. The van der Waals surface area contributed by atoms with Gasteiger partial charge in [-0.15, -0.1) is 6.42 Å². The second-order valence-electron chi connectivity index (χ2n) is 16.1. The highest BCUT2D eigenvalue weighted by atomic mass is 19.3. The highest BCUT2D eigenvalue weighted by molar-refractivity contribution is 6.03. The summed E-state index contributed by atoms with van der Waals surface area (Å²) < 4.78 is 72.2. The van der Waals surface area contributed by atoms with Gasteiger partial charge in [-0.05, 0) is 68.7 Å². The molecule has 3 unspecified atom stereocenters. The van der Waals surface area contributed by atoms with Gasteiger partial charge >= 0.3 is 12.0 Å². The predicted octanol–water partition coefficient (Wildman–Crippen LogP) is 8.86. The van der Waals surface area contributed by atoms with Crippen LogP contribution in [-0.2, 0) is 4.79 Å². The maximum Gasteiger partial charge on any atom is 0.319 e. The molecule has 3 atom stereocenters. The Bertz CT molecular complexity index is 2250. The number of ether oxygens (including phenoxy) is 2. The van der Waals surface area contributed by atoms with Crippen molar-refractivity contribution in [3.8, 4) is 35.4 Å². The number of rotatable bonds is 14. The molecule has 9 nitrogen and oxygen atoms in total. The molecule has 57 heavy (non-hydrogen) atoms. The molecule has 0 saturated carbocycles. The quantitative estimate of drug-likeness (QED) is 0.0443. The summed E-state index contributed by atoms with van der Waals surface area (Å²) in [5, 5.41) is 4.66. The summed E-state index contributed by atoms with van der Waals surface area (Å²) in [5.41, 5.74) is -0.698. The Morgan fingerprint density at radius 1 is 1.05 bits per heavy atom. The van der Waals surface area contributed by atoms with Gasteiger partial charge in [-0.1, -0.05) is 57.4 Å². The van der Waals surface area contributed by atoms with Gasteiger partial charge in [-0.2, -0.15) is 18.7 Å².